The zero-order valence-electron chi connectivity index (χ0n) is 5.91. The van der Waals surface area contributed by atoms with E-state index in [9.17, 15) is 14.9 Å². The highest BCUT2D eigenvalue weighted by molar-refractivity contribution is 9.09. The monoisotopic (exact) mass is 232 g/mol. The van der Waals surface area contributed by atoms with Crippen LogP contribution in [0, 0.1) is 10.1 Å². The summed E-state index contributed by atoms with van der Waals surface area (Å²) < 4.78 is 0. The highest BCUT2D eigenvalue weighted by Gasteiger charge is 2.13. The Hall–Kier alpha value is -1.17. The molecule has 1 rings (SSSR count). The molecule has 1 aromatic heterocycles. The number of nitro groups is 1. The van der Waals surface area contributed by atoms with E-state index in [1.165, 1.54) is 12.1 Å². The molecule has 0 spiro atoms. The first-order chi connectivity index (χ1) is 5.65. The molecule has 0 aromatic carbocycles. The van der Waals surface area contributed by atoms with Gasteiger partial charge in [-0.25, -0.2) is 4.98 Å². The topological polar surface area (TPSA) is 76.0 Å². The molecule has 5 nitrogen and oxygen atoms in total. The molecule has 0 unspecified atom stereocenters. The maximum Gasteiger partial charge on any atom is 0.321 e. The van der Waals surface area contributed by atoms with Gasteiger partial charge in [-0.15, -0.1) is 0 Å². The minimum atomic E-state index is -0.578. The standard InChI is InChI=1S/C6H5BrN2O3/c7-3-5(10)4-1-2-6(8-4)9(11)12/h1-2,8H,3H2. The van der Waals surface area contributed by atoms with Crippen LogP contribution in [-0.4, -0.2) is 21.0 Å². The maximum absolute atomic E-state index is 10.9. The minimum absolute atomic E-state index is 0.157. The van der Waals surface area contributed by atoms with Crippen molar-refractivity contribution >= 4 is 27.5 Å². The van der Waals surface area contributed by atoms with Crippen molar-refractivity contribution in [2.24, 2.45) is 0 Å². The van der Waals surface area contributed by atoms with Gasteiger partial charge in [0, 0.05) is 6.07 Å². The first kappa shape index (κ1) is 8.92. The summed E-state index contributed by atoms with van der Waals surface area (Å²) in [6.45, 7) is 0. The van der Waals surface area contributed by atoms with Gasteiger partial charge in [0.05, 0.1) is 5.33 Å². The van der Waals surface area contributed by atoms with Crippen molar-refractivity contribution in [2.75, 3.05) is 5.33 Å². The van der Waals surface area contributed by atoms with E-state index in [1.54, 1.807) is 0 Å². The van der Waals surface area contributed by atoms with E-state index in [4.69, 9.17) is 0 Å². The zero-order valence-corrected chi connectivity index (χ0v) is 7.50. The third-order valence-corrected chi connectivity index (χ3v) is 1.80. The van der Waals surface area contributed by atoms with Gasteiger partial charge in [0.1, 0.15) is 0 Å². The Bertz CT molecular complexity index is 320. The summed E-state index contributed by atoms with van der Waals surface area (Å²) in [7, 11) is 0. The number of Topliss-reactive ketones (excluding diaryl/α,β-unsaturated/α-hetero) is 1. The Morgan fingerprint density at radius 2 is 2.33 bits per heavy atom. The Morgan fingerprint density at radius 1 is 1.67 bits per heavy atom. The second-order valence-corrected chi connectivity index (χ2v) is 2.63. The number of hydrogen-bond acceptors (Lipinski definition) is 3. The molecule has 0 radical (unpaired) electrons. The highest BCUT2D eigenvalue weighted by atomic mass is 79.9. The fraction of sp³-hybridized carbons (Fsp3) is 0.167. The van der Waals surface area contributed by atoms with Crippen molar-refractivity contribution < 1.29 is 9.72 Å². The largest absolute Gasteiger partial charge is 0.358 e. The summed E-state index contributed by atoms with van der Waals surface area (Å²) in [5.74, 6) is -0.373. The number of hydrogen-bond donors (Lipinski definition) is 1. The van der Waals surface area contributed by atoms with Gasteiger partial charge >= 0.3 is 5.82 Å². The van der Waals surface area contributed by atoms with Gasteiger partial charge in [-0.2, -0.15) is 0 Å². The number of nitrogens with one attached hydrogen (secondary N) is 1. The van der Waals surface area contributed by atoms with Crippen LogP contribution in [0.5, 0.6) is 0 Å². The van der Waals surface area contributed by atoms with E-state index in [0.29, 0.717) is 0 Å². The van der Waals surface area contributed by atoms with Crippen LogP contribution in [0.1, 0.15) is 10.5 Å². The third kappa shape index (κ3) is 1.70. The van der Waals surface area contributed by atoms with E-state index >= 15 is 0 Å². The molecule has 1 N–H and O–H groups in total. The lowest BCUT2D eigenvalue weighted by Crippen LogP contribution is -2.00. The zero-order chi connectivity index (χ0) is 9.14. The smallest absolute Gasteiger partial charge is 0.321 e. The van der Waals surface area contributed by atoms with E-state index in [2.05, 4.69) is 20.9 Å². The number of aromatic nitrogens is 1. The normalized spacial score (nSPS) is 9.75. The molecular weight excluding hydrogens is 228 g/mol. The molecular formula is C6H5BrN2O3. The molecule has 0 bridgehead atoms. The van der Waals surface area contributed by atoms with Crippen LogP contribution < -0.4 is 0 Å². The van der Waals surface area contributed by atoms with E-state index in [0.717, 1.165) is 0 Å². The lowest BCUT2D eigenvalue weighted by atomic mass is 10.3. The average Bonchev–Trinajstić information content (AvgIpc) is 2.51. The molecule has 0 saturated carbocycles. The molecule has 1 aromatic rings. The molecule has 1 heterocycles. The molecule has 0 saturated heterocycles. The number of halogens is 1. The quantitative estimate of drug-likeness (QED) is 0.372. The number of carbonyl (C=O) groups excluding carboxylic acids is 1. The molecule has 0 aliphatic carbocycles. The van der Waals surface area contributed by atoms with Crippen LogP contribution in [0.3, 0.4) is 0 Å². The summed E-state index contributed by atoms with van der Waals surface area (Å²) >= 11 is 2.96. The first-order valence-electron chi connectivity index (χ1n) is 3.07. The van der Waals surface area contributed by atoms with Crippen molar-refractivity contribution in [3.8, 4) is 0 Å². The second kappa shape index (κ2) is 3.48. The Labute approximate surface area is 76.1 Å². The van der Waals surface area contributed by atoms with Crippen molar-refractivity contribution in [2.45, 2.75) is 0 Å². The molecule has 12 heavy (non-hydrogen) atoms. The van der Waals surface area contributed by atoms with E-state index in [-0.39, 0.29) is 22.6 Å². The van der Waals surface area contributed by atoms with Crippen LogP contribution >= 0.6 is 15.9 Å². The van der Waals surface area contributed by atoms with Crippen LogP contribution in [0.15, 0.2) is 12.1 Å². The summed E-state index contributed by atoms with van der Waals surface area (Å²) in [5.41, 5.74) is 0.249. The lowest BCUT2D eigenvalue weighted by molar-refractivity contribution is -0.389. The fourth-order valence-corrected chi connectivity index (χ4v) is 1.03. The van der Waals surface area contributed by atoms with Crippen molar-refractivity contribution in [3.63, 3.8) is 0 Å². The van der Waals surface area contributed by atoms with Gasteiger partial charge in [-0.05, 0) is 11.0 Å². The Kier molecular flexibility index (Phi) is 2.59. The predicted octanol–water partition coefficient (Wildman–Crippen LogP) is 1.50. The van der Waals surface area contributed by atoms with Gasteiger partial charge in [0.25, 0.3) is 0 Å². The lowest BCUT2D eigenvalue weighted by Gasteiger charge is -1.87. The molecule has 0 aliphatic heterocycles. The van der Waals surface area contributed by atoms with Crippen LogP contribution in [0.2, 0.25) is 0 Å². The number of carbonyl (C=O) groups is 1. The van der Waals surface area contributed by atoms with Gasteiger partial charge in [0.2, 0.25) is 5.78 Å². The fourth-order valence-electron chi connectivity index (χ4n) is 0.725. The molecule has 0 atom stereocenters. The van der Waals surface area contributed by atoms with Crippen LogP contribution in [0.4, 0.5) is 5.82 Å². The molecule has 0 aliphatic rings. The number of alkyl halides is 1. The summed E-state index contributed by atoms with van der Waals surface area (Å²) in [5, 5.41) is 10.3. The van der Waals surface area contributed by atoms with Crippen molar-refractivity contribution in [3.05, 3.63) is 27.9 Å². The molecule has 64 valence electrons. The summed E-state index contributed by atoms with van der Waals surface area (Å²) in [6, 6.07) is 2.65. The molecule has 0 amide bonds. The molecule has 6 heteroatoms. The van der Waals surface area contributed by atoms with Gasteiger partial charge in [-0.3, -0.25) is 4.79 Å². The molecule has 0 fully saturated rings. The maximum atomic E-state index is 10.9. The third-order valence-electron chi connectivity index (χ3n) is 1.29. The van der Waals surface area contributed by atoms with Gasteiger partial charge < -0.3 is 10.1 Å². The first-order valence-corrected chi connectivity index (χ1v) is 4.20. The minimum Gasteiger partial charge on any atom is -0.358 e. The number of H-pyrrole nitrogens is 1. The SMILES string of the molecule is O=C(CBr)c1ccc([N+](=O)[O-])[nH]1. The Balaban J connectivity index is 2.91. The number of ketones is 1. The van der Waals surface area contributed by atoms with Gasteiger partial charge in [0.15, 0.2) is 5.69 Å². The number of aromatic amines is 1. The summed E-state index contributed by atoms with van der Waals surface area (Å²) in [4.78, 5) is 22.9. The van der Waals surface area contributed by atoms with Crippen molar-refractivity contribution in [1.82, 2.24) is 4.98 Å². The summed E-state index contributed by atoms with van der Waals surface area (Å²) in [6.07, 6.45) is 0. The highest BCUT2D eigenvalue weighted by Crippen LogP contribution is 2.10. The average molecular weight is 233 g/mol. The van der Waals surface area contributed by atoms with Crippen LogP contribution in [0.25, 0.3) is 0 Å². The number of rotatable bonds is 3. The van der Waals surface area contributed by atoms with Crippen molar-refractivity contribution in [1.29, 1.82) is 0 Å². The van der Waals surface area contributed by atoms with Crippen LogP contribution in [-0.2, 0) is 0 Å². The predicted molar refractivity (Wildman–Crippen MR) is 45.6 cm³/mol. The Morgan fingerprint density at radius 3 is 2.75 bits per heavy atom. The van der Waals surface area contributed by atoms with E-state index in [1.807, 2.05) is 0 Å². The number of nitrogens with zero attached hydrogens (tertiary/aromatic N) is 1. The second-order valence-electron chi connectivity index (χ2n) is 2.07. The van der Waals surface area contributed by atoms with E-state index < -0.39 is 4.92 Å². The van der Waals surface area contributed by atoms with Gasteiger partial charge in [-0.1, -0.05) is 15.9 Å².